The van der Waals surface area contributed by atoms with E-state index in [1.807, 2.05) is 30.3 Å². The first kappa shape index (κ1) is 13.7. The van der Waals surface area contributed by atoms with Crippen LogP contribution >= 0.6 is 11.8 Å². The van der Waals surface area contributed by atoms with Crippen LogP contribution in [-0.4, -0.2) is 49.6 Å². The molecule has 3 N–H and O–H groups in total. The smallest absolute Gasteiger partial charge is 0.408 e. The zero-order chi connectivity index (χ0) is 14.4. The van der Waals surface area contributed by atoms with Crippen LogP contribution < -0.4 is 0 Å². The average molecular weight is 295 g/mol. The van der Waals surface area contributed by atoms with Gasteiger partial charge in [0.05, 0.1) is 6.04 Å². The van der Waals surface area contributed by atoms with E-state index in [1.54, 1.807) is 11.8 Å². The molecule has 1 aliphatic carbocycles. The fourth-order valence-corrected chi connectivity index (χ4v) is 4.34. The SMILES string of the molecule is O=C(O)N(Cc1ccccc1)C1CC2(CSC2)C1(O)O. The molecule has 1 aliphatic heterocycles. The van der Waals surface area contributed by atoms with Gasteiger partial charge in [-0.25, -0.2) is 4.79 Å². The van der Waals surface area contributed by atoms with Gasteiger partial charge < -0.3 is 15.3 Å². The molecule has 2 aliphatic rings. The standard InChI is InChI=1S/C14H17NO4S/c16-12(17)15(7-10-4-2-1-3-5-10)11-6-13(8-20-9-13)14(11,18)19/h1-5,11,18-19H,6-9H2,(H,16,17). The summed E-state index contributed by atoms with van der Waals surface area (Å²) >= 11 is 1.66. The Labute approximate surface area is 121 Å². The summed E-state index contributed by atoms with van der Waals surface area (Å²) in [5.41, 5.74) is 0.335. The first-order chi connectivity index (χ1) is 9.46. The average Bonchev–Trinajstić information content (AvgIpc) is 2.35. The summed E-state index contributed by atoms with van der Waals surface area (Å²) in [7, 11) is 0. The van der Waals surface area contributed by atoms with Crippen molar-refractivity contribution < 1.29 is 20.1 Å². The topological polar surface area (TPSA) is 81.0 Å². The Morgan fingerprint density at radius 1 is 1.30 bits per heavy atom. The lowest BCUT2D eigenvalue weighted by Gasteiger charge is -2.63. The zero-order valence-electron chi connectivity index (χ0n) is 10.9. The minimum atomic E-state index is -1.91. The third kappa shape index (κ3) is 1.90. The van der Waals surface area contributed by atoms with Crippen LogP contribution in [0.3, 0.4) is 0 Å². The van der Waals surface area contributed by atoms with Crippen molar-refractivity contribution in [3.05, 3.63) is 35.9 Å². The monoisotopic (exact) mass is 295 g/mol. The molecular formula is C14H17NO4S. The number of thioether (sulfide) groups is 1. The van der Waals surface area contributed by atoms with Gasteiger partial charge in [-0.1, -0.05) is 30.3 Å². The first-order valence-electron chi connectivity index (χ1n) is 6.52. The molecule has 1 unspecified atom stereocenters. The molecule has 6 heteroatoms. The molecule has 0 aromatic heterocycles. The second-order valence-corrected chi connectivity index (χ2v) is 6.60. The van der Waals surface area contributed by atoms with Crippen molar-refractivity contribution in [2.24, 2.45) is 5.41 Å². The van der Waals surface area contributed by atoms with Gasteiger partial charge in [-0.3, -0.25) is 4.90 Å². The van der Waals surface area contributed by atoms with Gasteiger partial charge >= 0.3 is 6.09 Å². The molecule has 1 heterocycles. The molecule has 1 atom stereocenters. The van der Waals surface area contributed by atoms with Gasteiger partial charge in [0.1, 0.15) is 0 Å². The van der Waals surface area contributed by atoms with Crippen molar-refractivity contribution in [3.63, 3.8) is 0 Å². The Hall–Kier alpha value is -1.24. The van der Waals surface area contributed by atoms with Crippen molar-refractivity contribution in [1.29, 1.82) is 0 Å². The van der Waals surface area contributed by atoms with E-state index in [-0.39, 0.29) is 6.54 Å². The summed E-state index contributed by atoms with van der Waals surface area (Å²) in [5.74, 6) is -0.532. The molecule has 0 radical (unpaired) electrons. The quantitative estimate of drug-likeness (QED) is 0.734. The third-order valence-corrected chi connectivity index (χ3v) is 5.92. The maximum Gasteiger partial charge on any atom is 0.408 e. The normalized spacial score (nSPS) is 25.6. The van der Waals surface area contributed by atoms with Gasteiger partial charge in [-0.05, 0) is 12.0 Å². The van der Waals surface area contributed by atoms with Crippen molar-refractivity contribution in [2.45, 2.75) is 24.8 Å². The molecule has 3 rings (SSSR count). The van der Waals surface area contributed by atoms with Crippen molar-refractivity contribution in [3.8, 4) is 0 Å². The van der Waals surface area contributed by atoms with Gasteiger partial charge in [0, 0.05) is 23.5 Å². The van der Waals surface area contributed by atoms with Gasteiger partial charge in [0.15, 0.2) is 5.79 Å². The zero-order valence-corrected chi connectivity index (χ0v) is 11.7. The van der Waals surface area contributed by atoms with Crippen LogP contribution in [0.4, 0.5) is 4.79 Å². The number of aliphatic hydroxyl groups is 2. The van der Waals surface area contributed by atoms with Crippen LogP contribution in [-0.2, 0) is 6.54 Å². The number of hydrogen-bond donors (Lipinski definition) is 3. The summed E-state index contributed by atoms with van der Waals surface area (Å²) in [5, 5.41) is 29.9. The molecule has 1 saturated heterocycles. The first-order valence-corrected chi connectivity index (χ1v) is 7.68. The summed E-state index contributed by atoms with van der Waals surface area (Å²) in [6, 6.07) is 8.46. The summed E-state index contributed by atoms with van der Waals surface area (Å²) in [4.78, 5) is 12.6. The third-order valence-electron chi connectivity index (χ3n) is 4.40. The predicted octanol–water partition coefficient (Wildman–Crippen LogP) is 1.35. The number of carboxylic acid groups (broad SMARTS) is 1. The van der Waals surface area contributed by atoms with Gasteiger partial charge in [0.2, 0.25) is 0 Å². The van der Waals surface area contributed by atoms with E-state index in [9.17, 15) is 20.1 Å². The fourth-order valence-electron chi connectivity index (χ4n) is 2.98. The summed E-state index contributed by atoms with van der Waals surface area (Å²) in [6.07, 6.45) is -0.597. The molecule has 0 bridgehead atoms. The summed E-state index contributed by atoms with van der Waals surface area (Å²) < 4.78 is 0. The lowest BCUT2D eigenvalue weighted by molar-refractivity contribution is -0.328. The summed E-state index contributed by atoms with van der Waals surface area (Å²) in [6.45, 7) is 0.174. The highest BCUT2D eigenvalue weighted by molar-refractivity contribution is 8.00. The highest BCUT2D eigenvalue weighted by atomic mass is 32.2. The molecule has 1 spiro atoms. The van der Waals surface area contributed by atoms with Gasteiger partial charge in [-0.2, -0.15) is 11.8 Å². The van der Waals surface area contributed by atoms with Crippen molar-refractivity contribution in [2.75, 3.05) is 11.5 Å². The van der Waals surface area contributed by atoms with Gasteiger partial charge in [0.25, 0.3) is 0 Å². The largest absolute Gasteiger partial charge is 0.465 e. The highest BCUT2D eigenvalue weighted by Crippen LogP contribution is 2.59. The Kier molecular flexibility index (Phi) is 3.19. The number of rotatable bonds is 3. The minimum Gasteiger partial charge on any atom is -0.465 e. The Morgan fingerprint density at radius 3 is 2.40 bits per heavy atom. The minimum absolute atomic E-state index is 0.174. The molecule has 1 amide bonds. The molecule has 108 valence electrons. The lowest BCUT2D eigenvalue weighted by Crippen LogP contribution is -2.77. The second kappa shape index (κ2) is 4.65. The molecular weight excluding hydrogens is 278 g/mol. The second-order valence-electron chi connectivity index (χ2n) is 5.62. The van der Waals surface area contributed by atoms with E-state index >= 15 is 0 Å². The molecule has 1 saturated carbocycles. The van der Waals surface area contributed by atoms with E-state index in [0.29, 0.717) is 17.9 Å². The van der Waals surface area contributed by atoms with Gasteiger partial charge in [-0.15, -0.1) is 0 Å². The van der Waals surface area contributed by atoms with Crippen LogP contribution in [0, 0.1) is 5.41 Å². The van der Waals surface area contributed by atoms with Crippen molar-refractivity contribution >= 4 is 17.9 Å². The van der Waals surface area contributed by atoms with Crippen LogP contribution in [0.5, 0.6) is 0 Å². The van der Waals surface area contributed by atoms with Crippen LogP contribution in [0.2, 0.25) is 0 Å². The van der Waals surface area contributed by atoms with Crippen molar-refractivity contribution in [1.82, 2.24) is 4.90 Å². The highest BCUT2D eigenvalue weighted by Gasteiger charge is 2.69. The Morgan fingerprint density at radius 2 is 1.95 bits per heavy atom. The predicted molar refractivity (Wildman–Crippen MR) is 75.3 cm³/mol. The maximum atomic E-state index is 11.4. The lowest BCUT2D eigenvalue weighted by atomic mass is 9.60. The van der Waals surface area contributed by atoms with E-state index in [4.69, 9.17) is 0 Å². The van der Waals surface area contributed by atoms with E-state index in [1.165, 1.54) is 0 Å². The maximum absolute atomic E-state index is 11.4. The molecule has 2 fully saturated rings. The van der Waals surface area contributed by atoms with E-state index in [0.717, 1.165) is 10.5 Å². The van der Waals surface area contributed by atoms with Crippen LogP contribution in [0.25, 0.3) is 0 Å². The number of benzene rings is 1. The fraction of sp³-hybridized carbons (Fsp3) is 0.500. The number of amides is 1. The Balaban J connectivity index is 1.77. The number of carbonyl (C=O) groups is 1. The molecule has 1 aromatic carbocycles. The molecule has 20 heavy (non-hydrogen) atoms. The van der Waals surface area contributed by atoms with E-state index < -0.39 is 23.3 Å². The Bertz CT molecular complexity index is 515. The van der Waals surface area contributed by atoms with Crippen LogP contribution in [0.15, 0.2) is 30.3 Å². The van der Waals surface area contributed by atoms with Crippen LogP contribution in [0.1, 0.15) is 12.0 Å². The van der Waals surface area contributed by atoms with E-state index in [2.05, 4.69) is 0 Å². The number of nitrogens with zero attached hydrogens (tertiary/aromatic N) is 1. The number of hydrogen-bond acceptors (Lipinski definition) is 4. The molecule has 1 aromatic rings. The molecule has 5 nitrogen and oxygen atoms in total.